The molecule has 0 spiro atoms. The second kappa shape index (κ2) is 9.44. The van der Waals surface area contributed by atoms with Gasteiger partial charge in [-0.3, -0.25) is 19.3 Å². The van der Waals surface area contributed by atoms with Gasteiger partial charge in [-0.2, -0.15) is 4.31 Å². The summed E-state index contributed by atoms with van der Waals surface area (Å²) in [7, 11) is -3.66. The number of hydrogen-bond acceptors (Lipinski definition) is 5. The number of nitrogens with zero attached hydrogens (tertiary/aromatic N) is 2. The van der Waals surface area contributed by atoms with Crippen LogP contribution in [0.15, 0.2) is 47.4 Å². The SMILES string of the molecule is Cc1ccc(NC(=O)CCN2C(=O)c3ccccc3C2=O)cc1S(=O)(=O)N1CCCCCC1. The zero-order valence-corrected chi connectivity index (χ0v) is 19.4. The molecule has 0 atom stereocenters. The first-order valence-corrected chi connectivity index (χ1v) is 12.6. The molecule has 0 aromatic heterocycles. The number of fused-ring (bicyclic) bond motifs is 1. The average molecular weight is 470 g/mol. The van der Waals surface area contributed by atoms with E-state index in [0.29, 0.717) is 35.5 Å². The second-order valence-corrected chi connectivity index (χ2v) is 10.3. The maximum absolute atomic E-state index is 13.2. The quantitative estimate of drug-likeness (QED) is 0.655. The van der Waals surface area contributed by atoms with E-state index in [-0.39, 0.29) is 17.9 Å². The third-order valence-electron chi connectivity index (χ3n) is 6.10. The zero-order chi connectivity index (χ0) is 23.6. The molecule has 2 aliphatic heterocycles. The van der Waals surface area contributed by atoms with Crippen LogP contribution in [0.5, 0.6) is 0 Å². The van der Waals surface area contributed by atoms with Gasteiger partial charge in [-0.05, 0) is 49.6 Å². The van der Waals surface area contributed by atoms with E-state index >= 15 is 0 Å². The summed E-state index contributed by atoms with van der Waals surface area (Å²) in [6.07, 6.45) is 3.63. The molecule has 33 heavy (non-hydrogen) atoms. The summed E-state index contributed by atoms with van der Waals surface area (Å²) >= 11 is 0. The van der Waals surface area contributed by atoms with Crippen LogP contribution in [0.25, 0.3) is 0 Å². The van der Waals surface area contributed by atoms with Crippen molar-refractivity contribution in [1.82, 2.24) is 9.21 Å². The molecule has 1 saturated heterocycles. The standard InChI is InChI=1S/C24H27N3O5S/c1-17-10-11-18(16-21(17)33(31,32)26-13-6-2-3-7-14-26)25-22(28)12-15-27-23(29)19-8-4-5-9-20(19)24(27)30/h4-5,8-11,16H,2-3,6-7,12-15H2,1H3,(H,25,28). The molecule has 0 radical (unpaired) electrons. The molecule has 0 aliphatic carbocycles. The van der Waals surface area contributed by atoms with Gasteiger partial charge in [0.25, 0.3) is 11.8 Å². The van der Waals surface area contributed by atoms with Crippen molar-refractivity contribution >= 4 is 33.4 Å². The van der Waals surface area contributed by atoms with E-state index in [1.807, 2.05) is 0 Å². The fourth-order valence-corrected chi connectivity index (χ4v) is 6.02. The number of aryl methyl sites for hydroxylation is 1. The van der Waals surface area contributed by atoms with Crippen molar-refractivity contribution < 1.29 is 22.8 Å². The van der Waals surface area contributed by atoms with Crippen molar-refractivity contribution in [3.05, 3.63) is 59.2 Å². The normalized spacial score (nSPS) is 17.1. The van der Waals surface area contributed by atoms with Crippen LogP contribution in [0.2, 0.25) is 0 Å². The largest absolute Gasteiger partial charge is 0.326 e. The molecule has 2 heterocycles. The number of nitrogens with one attached hydrogen (secondary N) is 1. The molecule has 2 aliphatic rings. The lowest BCUT2D eigenvalue weighted by atomic mass is 10.1. The van der Waals surface area contributed by atoms with Crippen LogP contribution in [-0.2, 0) is 14.8 Å². The van der Waals surface area contributed by atoms with E-state index in [9.17, 15) is 22.8 Å². The molecule has 1 fully saturated rings. The van der Waals surface area contributed by atoms with Crippen molar-refractivity contribution in [2.24, 2.45) is 0 Å². The number of amides is 3. The molecule has 4 rings (SSSR count). The molecule has 1 N–H and O–H groups in total. The molecular formula is C24H27N3O5S. The highest BCUT2D eigenvalue weighted by molar-refractivity contribution is 7.89. The lowest BCUT2D eigenvalue weighted by molar-refractivity contribution is -0.116. The van der Waals surface area contributed by atoms with Gasteiger partial charge in [0.15, 0.2) is 0 Å². The third-order valence-corrected chi connectivity index (χ3v) is 8.14. The lowest BCUT2D eigenvalue weighted by Crippen LogP contribution is -2.33. The number of carbonyl (C=O) groups excluding carboxylic acids is 3. The highest BCUT2D eigenvalue weighted by Crippen LogP contribution is 2.26. The zero-order valence-electron chi connectivity index (χ0n) is 18.5. The molecule has 3 amide bonds. The van der Waals surface area contributed by atoms with Crippen LogP contribution < -0.4 is 5.32 Å². The second-order valence-electron chi connectivity index (χ2n) is 8.40. The number of carbonyl (C=O) groups is 3. The van der Waals surface area contributed by atoms with Gasteiger partial charge in [0, 0.05) is 31.7 Å². The summed E-state index contributed by atoms with van der Waals surface area (Å²) in [5.41, 5.74) is 1.65. The summed E-state index contributed by atoms with van der Waals surface area (Å²) in [4.78, 5) is 38.7. The highest BCUT2D eigenvalue weighted by atomic mass is 32.2. The summed E-state index contributed by atoms with van der Waals surface area (Å²) in [5.74, 6) is -1.23. The number of hydrogen-bond donors (Lipinski definition) is 1. The number of benzene rings is 2. The topological polar surface area (TPSA) is 104 Å². The van der Waals surface area contributed by atoms with E-state index in [0.717, 1.165) is 30.6 Å². The van der Waals surface area contributed by atoms with Crippen molar-refractivity contribution in [2.45, 2.75) is 43.9 Å². The Morgan fingerprint density at radius 3 is 2.15 bits per heavy atom. The van der Waals surface area contributed by atoms with E-state index < -0.39 is 27.7 Å². The lowest BCUT2D eigenvalue weighted by Gasteiger charge is -2.21. The van der Waals surface area contributed by atoms with Gasteiger partial charge >= 0.3 is 0 Å². The van der Waals surface area contributed by atoms with Crippen LogP contribution >= 0.6 is 0 Å². The van der Waals surface area contributed by atoms with Gasteiger partial charge < -0.3 is 5.32 Å². The van der Waals surface area contributed by atoms with Gasteiger partial charge in [0.05, 0.1) is 16.0 Å². The Hall–Kier alpha value is -3.04. The van der Waals surface area contributed by atoms with E-state index in [1.165, 1.54) is 10.4 Å². The molecule has 0 saturated carbocycles. The smallest absolute Gasteiger partial charge is 0.261 e. The summed E-state index contributed by atoms with van der Waals surface area (Å²) in [6, 6.07) is 11.4. The van der Waals surface area contributed by atoms with Crippen LogP contribution in [0, 0.1) is 6.92 Å². The Morgan fingerprint density at radius 1 is 0.939 bits per heavy atom. The Labute approximate surface area is 193 Å². The van der Waals surface area contributed by atoms with Crippen molar-refractivity contribution in [2.75, 3.05) is 25.0 Å². The van der Waals surface area contributed by atoms with E-state index in [4.69, 9.17) is 0 Å². The minimum atomic E-state index is -3.66. The molecule has 8 nitrogen and oxygen atoms in total. The summed E-state index contributed by atoms with van der Waals surface area (Å²) in [5, 5.41) is 2.70. The Kier molecular flexibility index (Phi) is 6.62. The fourth-order valence-electron chi connectivity index (χ4n) is 4.26. The predicted octanol–water partition coefficient (Wildman–Crippen LogP) is 3.18. The highest BCUT2D eigenvalue weighted by Gasteiger charge is 2.35. The van der Waals surface area contributed by atoms with Crippen LogP contribution in [-0.4, -0.2) is 55.0 Å². The van der Waals surface area contributed by atoms with Gasteiger partial charge in [0.1, 0.15) is 0 Å². The van der Waals surface area contributed by atoms with E-state index in [1.54, 1.807) is 43.3 Å². The summed E-state index contributed by atoms with van der Waals surface area (Å²) < 4.78 is 27.9. The first-order valence-electron chi connectivity index (χ1n) is 11.1. The third kappa shape index (κ3) is 4.69. The van der Waals surface area contributed by atoms with Gasteiger partial charge in [-0.25, -0.2) is 8.42 Å². The number of imide groups is 1. The van der Waals surface area contributed by atoms with Crippen LogP contribution in [0.1, 0.15) is 58.4 Å². The Bertz CT molecular complexity index is 1170. The average Bonchev–Trinajstić information content (AvgIpc) is 2.99. The number of anilines is 1. The Balaban J connectivity index is 1.43. The molecule has 174 valence electrons. The minimum absolute atomic E-state index is 0.0526. The fraction of sp³-hybridized carbons (Fsp3) is 0.375. The molecule has 0 unspecified atom stereocenters. The van der Waals surface area contributed by atoms with Crippen molar-refractivity contribution in [3.63, 3.8) is 0 Å². The molecule has 2 aromatic rings. The predicted molar refractivity (Wildman–Crippen MR) is 123 cm³/mol. The molecule has 9 heteroatoms. The van der Waals surface area contributed by atoms with Crippen molar-refractivity contribution in [3.8, 4) is 0 Å². The number of rotatable bonds is 6. The number of sulfonamides is 1. The van der Waals surface area contributed by atoms with Gasteiger partial charge in [-0.15, -0.1) is 0 Å². The summed E-state index contributed by atoms with van der Waals surface area (Å²) in [6.45, 7) is 2.68. The first kappa shape index (κ1) is 23.1. The van der Waals surface area contributed by atoms with Crippen LogP contribution in [0.3, 0.4) is 0 Å². The molecular weight excluding hydrogens is 442 g/mol. The van der Waals surface area contributed by atoms with Gasteiger partial charge in [0.2, 0.25) is 15.9 Å². The maximum atomic E-state index is 13.2. The first-order chi connectivity index (χ1) is 15.8. The Morgan fingerprint density at radius 2 is 1.55 bits per heavy atom. The van der Waals surface area contributed by atoms with Crippen molar-refractivity contribution in [1.29, 1.82) is 0 Å². The molecule has 2 aromatic carbocycles. The minimum Gasteiger partial charge on any atom is -0.326 e. The van der Waals surface area contributed by atoms with Crippen LogP contribution in [0.4, 0.5) is 5.69 Å². The maximum Gasteiger partial charge on any atom is 0.261 e. The van der Waals surface area contributed by atoms with Gasteiger partial charge in [-0.1, -0.05) is 31.0 Å². The van der Waals surface area contributed by atoms with E-state index in [2.05, 4.69) is 5.32 Å². The monoisotopic (exact) mass is 469 g/mol. The molecule has 0 bridgehead atoms.